The number of ketones is 1. The SMILES string of the molecule is COc1ccc(COC(=O)C2=C(C)NC3=C(C(=O)CCC3)C2c2ccc(O)c(OC)c2)cc1. The van der Waals surface area contributed by atoms with Gasteiger partial charge < -0.3 is 24.6 Å². The maximum absolute atomic E-state index is 13.3. The van der Waals surface area contributed by atoms with Crippen LogP contribution in [0.4, 0.5) is 0 Å². The Morgan fingerprint density at radius 2 is 1.85 bits per heavy atom. The molecule has 2 aliphatic rings. The predicted molar refractivity (Wildman–Crippen MR) is 122 cm³/mol. The van der Waals surface area contributed by atoms with E-state index in [1.165, 1.54) is 13.2 Å². The van der Waals surface area contributed by atoms with Gasteiger partial charge in [0.15, 0.2) is 17.3 Å². The van der Waals surface area contributed by atoms with E-state index in [0.29, 0.717) is 28.8 Å². The van der Waals surface area contributed by atoms with Crippen molar-refractivity contribution in [1.29, 1.82) is 0 Å². The van der Waals surface area contributed by atoms with E-state index in [9.17, 15) is 14.7 Å². The van der Waals surface area contributed by atoms with Crippen molar-refractivity contribution < 1.29 is 28.9 Å². The summed E-state index contributed by atoms with van der Waals surface area (Å²) in [5.74, 6) is -0.112. The molecule has 33 heavy (non-hydrogen) atoms. The van der Waals surface area contributed by atoms with E-state index in [4.69, 9.17) is 14.2 Å². The second-order valence-electron chi connectivity index (χ2n) is 8.12. The molecule has 1 aliphatic heterocycles. The Bertz CT molecular complexity index is 1150. The van der Waals surface area contributed by atoms with Crippen molar-refractivity contribution in [3.8, 4) is 17.2 Å². The number of benzene rings is 2. The highest BCUT2D eigenvalue weighted by atomic mass is 16.5. The highest BCUT2D eigenvalue weighted by Gasteiger charge is 2.39. The van der Waals surface area contributed by atoms with Crippen LogP contribution in [-0.2, 0) is 20.9 Å². The Morgan fingerprint density at radius 3 is 2.55 bits per heavy atom. The molecule has 7 heteroatoms. The Hall–Kier alpha value is -3.74. The number of Topliss-reactive ketones (excluding diaryl/α,β-unsaturated/α-hetero) is 1. The maximum atomic E-state index is 13.3. The number of phenolic OH excluding ortho intramolecular Hbond substituents is 1. The van der Waals surface area contributed by atoms with Crippen molar-refractivity contribution in [2.45, 2.75) is 38.7 Å². The Balaban J connectivity index is 1.69. The molecule has 2 N–H and O–H groups in total. The summed E-state index contributed by atoms with van der Waals surface area (Å²) in [7, 11) is 3.05. The Morgan fingerprint density at radius 1 is 1.09 bits per heavy atom. The molecule has 1 unspecified atom stereocenters. The number of dihydropyridines is 1. The summed E-state index contributed by atoms with van der Waals surface area (Å²) in [6, 6.07) is 12.2. The van der Waals surface area contributed by atoms with Gasteiger partial charge in [0.1, 0.15) is 12.4 Å². The lowest BCUT2D eigenvalue weighted by molar-refractivity contribution is -0.140. The molecule has 0 spiro atoms. The zero-order valence-corrected chi connectivity index (χ0v) is 18.9. The first-order valence-electron chi connectivity index (χ1n) is 10.8. The van der Waals surface area contributed by atoms with E-state index in [0.717, 1.165) is 29.9 Å². The maximum Gasteiger partial charge on any atom is 0.337 e. The molecule has 172 valence electrons. The molecule has 1 atom stereocenters. The van der Waals surface area contributed by atoms with Crippen LogP contribution in [0.25, 0.3) is 0 Å². The van der Waals surface area contributed by atoms with Crippen LogP contribution >= 0.6 is 0 Å². The fourth-order valence-corrected chi connectivity index (χ4v) is 4.41. The normalized spacial score (nSPS) is 17.9. The van der Waals surface area contributed by atoms with E-state index >= 15 is 0 Å². The van der Waals surface area contributed by atoms with Crippen LogP contribution in [0.15, 0.2) is 65.0 Å². The third kappa shape index (κ3) is 4.44. The topological polar surface area (TPSA) is 94.1 Å². The van der Waals surface area contributed by atoms with E-state index in [-0.39, 0.29) is 23.9 Å². The van der Waals surface area contributed by atoms with Gasteiger partial charge >= 0.3 is 5.97 Å². The van der Waals surface area contributed by atoms with Crippen LogP contribution in [0.2, 0.25) is 0 Å². The molecule has 1 heterocycles. The Labute approximate surface area is 192 Å². The highest BCUT2D eigenvalue weighted by molar-refractivity contribution is 6.03. The van der Waals surface area contributed by atoms with Gasteiger partial charge in [0, 0.05) is 29.3 Å². The summed E-state index contributed by atoms with van der Waals surface area (Å²) in [6.07, 6.45) is 1.93. The zero-order chi connectivity index (χ0) is 23.5. The number of carbonyl (C=O) groups excluding carboxylic acids is 2. The van der Waals surface area contributed by atoms with E-state index in [1.807, 2.05) is 19.1 Å². The number of rotatable bonds is 6. The number of hydrogen-bond donors (Lipinski definition) is 2. The lowest BCUT2D eigenvalue weighted by atomic mass is 9.75. The van der Waals surface area contributed by atoms with Gasteiger partial charge in [-0.15, -0.1) is 0 Å². The van der Waals surface area contributed by atoms with Gasteiger partial charge in [0.05, 0.1) is 19.8 Å². The van der Waals surface area contributed by atoms with Crippen molar-refractivity contribution in [2.75, 3.05) is 14.2 Å². The van der Waals surface area contributed by atoms with Crippen LogP contribution in [-0.4, -0.2) is 31.1 Å². The number of aromatic hydroxyl groups is 1. The van der Waals surface area contributed by atoms with Gasteiger partial charge in [-0.1, -0.05) is 18.2 Å². The van der Waals surface area contributed by atoms with Crippen molar-refractivity contribution in [1.82, 2.24) is 5.32 Å². The monoisotopic (exact) mass is 449 g/mol. The summed E-state index contributed by atoms with van der Waals surface area (Å²) >= 11 is 0. The molecular weight excluding hydrogens is 422 g/mol. The summed E-state index contributed by atoms with van der Waals surface area (Å²) in [6.45, 7) is 1.91. The van der Waals surface area contributed by atoms with Gasteiger partial charge in [-0.25, -0.2) is 4.79 Å². The molecule has 2 aromatic rings. The number of phenols is 1. The quantitative estimate of drug-likeness (QED) is 0.641. The third-order valence-electron chi connectivity index (χ3n) is 6.06. The first-order valence-corrected chi connectivity index (χ1v) is 10.8. The number of esters is 1. The molecule has 2 aromatic carbocycles. The Kier molecular flexibility index (Phi) is 6.40. The summed E-state index contributed by atoms with van der Waals surface area (Å²) < 4.78 is 16.1. The van der Waals surface area contributed by atoms with Crippen LogP contribution in [0.3, 0.4) is 0 Å². The summed E-state index contributed by atoms with van der Waals surface area (Å²) in [5.41, 5.74) is 3.96. The molecule has 0 bridgehead atoms. The number of allylic oxidation sites excluding steroid dienone is 3. The smallest absolute Gasteiger partial charge is 0.337 e. The van der Waals surface area contributed by atoms with Crippen molar-refractivity contribution in [3.63, 3.8) is 0 Å². The molecule has 0 radical (unpaired) electrons. The second-order valence-corrected chi connectivity index (χ2v) is 8.12. The lowest BCUT2D eigenvalue weighted by Gasteiger charge is -2.34. The molecule has 1 aliphatic carbocycles. The third-order valence-corrected chi connectivity index (χ3v) is 6.06. The molecule has 0 amide bonds. The molecule has 7 nitrogen and oxygen atoms in total. The fraction of sp³-hybridized carbons (Fsp3) is 0.308. The first kappa shape index (κ1) is 22.5. The lowest BCUT2D eigenvalue weighted by Crippen LogP contribution is -2.34. The molecular formula is C26H27NO6. The summed E-state index contributed by atoms with van der Waals surface area (Å²) in [5, 5.41) is 13.3. The minimum atomic E-state index is -0.605. The number of ether oxygens (including phenoxy) is 3. The van der Waals surface area contributed by atoms with Gasteiger partial charge in [-0.05, 0) is 55.2 Å². The highest BCUT2D eigenvalue weighted by Crippen LogP contribution is 2.44. The van der Waals surface area contributed by atoms with Gasteiger partial charge in [0.2, 0.25) is 0 Å². The minimum absolute atomic E-state index is 0.00810. The number of hydrogen-bond acceptors (Lipinski definition) is 7. The van der Waals surface area contributed by atoms with Crippen molar-refractivity contribution >= 4 is 11.8 Å². The van der Waals surface area contributed by atoms with Gasteiger partial charge in [-0.3, -0.25) is 4.79 Å². The number of nitrogens with one attached hydrogen (secondary N) is 1. The van der Waals surface area contributed by atoms with Crippen LogP contribution < -0.4 is 14.8 Å². The van der Waals surface area contributed by atoms with Crippen LogP contribution in [0.5, 0.6) is 17.2 Å². The zero-order valence-electron chi connectivity index (χ0n) is 18.9. The molecule has 0 fully saturated rings. The van der Waals surface area contributed by atoms with Crippen molar-refractivity contribution in [2.24, 2.45) is 0 Å². The first-order chi connectivity index (χ1) is 15.9. The number of methoxy groups -OCH3 is 2. The standard InChI is InChI=1S/C26H27NO6/c1-15-23(26(30)33-14-16-7-10-18(31-2)11-8-16)24(17-9-12-20(28)22(13-17)32-3)25-19(27-15)5-4-6-21(25)29/h7-13,24,27-28H,4-6,14H2,1-3H3. The average Bonchev–Trinajstić information content (AvgIpc) is 2.82. The molecule has 0 saturated carbocycles. The van der Waals surface area contributed by atoms with E-state index in [1.54, 1.807) is 31.4 Å². The van der Waals surface area contributed by atoms with E-state index < -0.39 is 11.9 Å². The van der Waals surface area contributed by atoms with Gasteiger partial charge in [0.25, 0.3) is 0 Å². The molecule has 0 saturated heterocycles. The van der Waals surface area contributed by atoms with Crippen LogP contribution in [0.1, 0.15) is 43.2 Å². The van der Waals surface area contributed by atoms with Crippen LogP contribution in [0, 0.1) is 0 Å². The average molecular weight is 450 g/mol. The largest absolute Gasteiger partial charge is 0.504 e. The molecule has 4 rings (SSSR count). The van der Waals surface area contributed by atoms with E-state index in [2.05, 4.69) is 5.32 Å². The minimum Gasteiger partial charge on any atom is -0.504 e. The fourth-order valence-electron chi connectivity index (χ4n) is 4.41. The predicted octanol–water partition coefficient (Wildman–Crippen LogP) is 4.12. The molecule has 0 aromatic heterocycles. The van der Waals surface area contributed by atoms with Crippen molar-refractivity contribution in [3.05, 3.63) is 76.1 Å². The van der Waals surface area contributed by atoms with Gasteiger partial charge in [-0.2, -0.15) is 0 Å². The second kappa shape index (κ2) is 9.40. The number of carbonyl (C=O) groups is 2. The summed E-state index contributed by atoms with van der Waals surface area (Å²) in [4.78, 5) is 26.3.